The van der Waals surface area contributed by atoms with Crippen molar-refractivity contribution >= 4 is 15.9 Å². The van der Waals surface area contributed by atoms with Crippen LogP contribution in [0.25, 0.3) is 0 Å². The molecule has 0 saturated carbocycles. The molecule has 0 spiro atoms. The Hall–Kier alpha value is -0.390. The molecule has 1 aliphatic heterocycles. The molecule has 1 saturated heterocycles. The molecule has 1 N–H and O–H groups in total. The Kier molecular flexibility index (Phi) is 4.45. The van der Waals surface area contributed by atoms with Gasteiger partial charge in [-0.05, 0) is 42.2 Å². The van der Waals surface area contributed by atoms with Crippen LogP contribution in [0.1, 0.15) is 24.7 Å². The first-order valence-corrected chi connectivity index (χ1v) is 7.34. The zero-order valence-electron chi connectivity index (χ0n) is 11.4. The van der Waals surface area contributed by atoms with Crippen molar-refractivity contribution in [3.63, 3.8) is 0 Å². The molecule has 102 valence electrons. The largest absolute Gasteiger partial charge is 0.381 e. The summed E-state index contributed by atoms with van der Waals surface area (Å²) in [7, 11) is 4.04. The molecule has 1 aliphatic rings. The van der Waals surface area contributed by atoms with Gasteiger partial charge < -0.3 is 10.1 Å². The average molecular weight is 316 g/mol. The maximum Gasteiger partial charge on any atom is 0.0766 e. The van der Waals surface area contributed by atoms with Gasteiger partial charge in [-0.3, -0.25) is 4.68 Å². The van der Waals surface area contributed by atoms with Crippen molar-refractivity contribution in [1.29, 1.82) is 0 Å². The maximum atomic E-state index is 5.61. The van der Waals surface area contributed by atoms with Gasteiger partial charge in [-0.15, -0.1) is 0 Å². The fourth-order valence-electron chi connectivity index (χ4n) is 2.73. The van der Waals surface area contributed by atoms with Crippen LogP contribution in [0.15, 0.2) is 4.47 Å². The van der Waals surface area contributed by atoms with E-state index in [1.165, 1.54) is 10.2 Å². The Morgan fingerprint density at radius 1 is 1.56 bits per heavy atom. The predicted molar refractivity (Wildman–Crippen MR) is 75.8 cm³/mol. The molecule has 2 rings (SSSR count). The minimum absolute atomic E-state index is 0.218. The number of ether oxygens (including phenoxy) is 1. The topological polar surface area (TPSA) is 39.1 Å². The summed E-state index contributed by atoms with van der Waals surface area (Å²) in [5.41, 5.74) is 2.65. The van der Waals surface area contributed by atoms with Crippen molar-refractivity contribution in [2.75, 3.05) is 26.8 Å². The Balaban J connectivity index is 2.24. The van der Waals surface area contributed by atoms with Crippen LogP contribution in [0.3, 0.4) is 0 Å². The van der Waals surface area contributed by atoms with Gasteiger partial charge in [0.15, 0.2) is 0 Å². The molecule has 1 unspecified atom stereocenters. The van der Waals surface area contributed by atoms with Crippen LogP contribution >= 0.6 is 15.9 Å². The van der Waals surface area contributed by atoms with Gasteiger partial charge >= 0.3 is 0 Å². The van der Waals surface area contributed by atoms with Crippen LogP contribution in [-0.2, 0) is 24.6 Å². The van der Waals surface area contributed by atoms with Gasteiger partial charge in [-0.1, -0.05) is 6.92 Å². The fourth-order valence-corrected chi connectivity index (χ4v) is 3.49. The van der Waals surface area contributed by atoms with Crippen molar-refractivity contribution in [3.8, 4) is 0 Å². The number of hydrogen-bond acceptors (Lipinski definition) is 3. The SMILES string of the molecule is CCc1nn(C)c(CC2(CNC)CCOC2)c1Br. The van der Waals surface area contributed by atoms with Gasteiger partial charge in [0.25, 0.3) is 0 Å². The van der Waals surface area contributed by atoms with E-state index in [1.807, 2.05) is 18.8 Å². The Bertz CT molecular complexity index is 411. The van der Waals surface area contributed by atoms with Gasteiger partial charge in [0.05, 0.1) is 22.5 Å². The Morgan fingerprint density at radius 3 is 2.83 bits per heavy atom. The van der Waals surface area contributed by atoms with Gasteiger partial charge in [0.1, 0.15) is 0 Å². The van der Waals surface area contributed by atoms with Crippen molar-refractivity contribution in [3.05, 3.63) is 15.9 Å². The number of nitrogens with zero attached hydrogens (tertiary/aromatic N) is 2. The molecule has 1 aromatic heterocycles. The first kappa shape index (κ1) is 14.0. The van der Waals surface area contributed by atoms with Crippen molar-refractivity contribution in [2.45, 2.75) is 26.2 Å². The summed E-state index contributed by atoms with van der Waals surface area (Å²) in [6.07, 6.45) is 3.09. The molecule has 5 heteroatoms. The predicted octanol–water partition coefficient (Wildman–Crippen LogP) is 1.91. The molecule has 2 heterocycles. The van der Waals surface area contributed by atoms with Crippen LogP contribution in [0.2, 0.25) is 0 Å². The van der Waals surface area contributed by atoms with Gasteiger partial charge in [0.2, 0.25) is 0 Å². The molecule has 4 nitrogen and oxygen atoms in total. The summed E-state index contributed by atoms with van der Waals surface area (Å²) in [5.74, 6) is 0. The van der Waals surface area contributed by atoms with E-state index in [1.54, 1.807) is 0 Å². The number of rotatable bonds is 5. The smallest absolute Gasteiger partial charge is 0.0766 e. The molecule has 1 aromatic rings. The third-order valence-corrected chi connectivity index (χ3v) is 4.70. The molecule has 18 heavy (non-hydrogen) atoms. The van der Waals surface area contributed by atoms with Crippen LogP contribution in [0.5, 0.6) is 0 Å². The molecular weight excluding hydrogens is 294 g/mol. The monoisotopic (exact) mass is 315 g/mol. The molecule has 0 amide bonds. The van der Waals surface area contributed by atoms with Crippen molar-refractivity contribution in [1.82, 2.24) is 15.1 Å². The highest BCUT2D eigenvalue weighted by atomic mass is 79.9. The number of hydrogen-bond donors (Lipinski definition) is 1. The van der Waals surface area contributed by atoms with E-state index in [2.05, 4.69) is 33.3 Å². The lowest BCUT2D eigenvalue weighted by molar-refractivity contribution is 0.149. The second kappa shape index (κ2) is 5.72. The van der Waals surface area contributed by atoms with Gasteiger partial charge in [0, 0.05) is 25.6 Å². The number of aryl methyl sites for hydroxylation is 2. The Labute approximate surface area is 117 Å². The zero-order valence-corrected chi connectivity index (χ0v) is 13.0. The molecular formula is C13H22BrN3O. The molecule has 0 aliphatic carbocycles. The van der Waals surface area contributed by atoms with Crippen LogP contribution in [-0.4, -0.2) is 36.6 Å². The minimum Gasteiger partial charge on any atom is -0.381 e. The minimum atomic E-state index is 0.218. The van der Waals surface area contributed by atoms with Gasteiger partial charge in [-0.25, -0.2) is 0 Å². The lowest BCUT2D eigenvalue weighted by Gasteiger charge is -2.27. The fraction of sp³-hybridized carbons (Fsp3) is 0.769. The van der Waals surface area contributed by atoms with E-state index >= 15 is 0 Å². The first-order chi connectivity index (χ1) is 8.62. The average Bonchev–Trinajstić information content (AvgIpc) is 2.90. The zero-order chi connectivity index (χ0) is 13.2. The van der Waals surface area contributed by atoms with E-state index in [0.717, 1.165) is 44.7 Å². The summed E-state index contributed by atoms with van der Waals surface area (Å²) in [5, 5.41) is 7.88. The standard InChI is InChI=1S/C13H22BrN3O/c1-4-10-12(14)11(17(3)16-10)7-13(8-15-2)5-6-18-9-13/h15H,4-9H2,1-3H3. The molecule has 1 atom stereocenters. The second-order valence-electron chi connectivity index (χ2n) is 5.19. The summed E-state index contributed by atoms with van der Waals surface area (Å²) >= 11 is 3.70. The lowest BCUT2D eigenvalue weighted by Crippen LogP contribution is -2.35. The second-order valence-corrected chi connectivity index (χ2v) is 5.99. The lowest BCUT2D eigenvalue weighted by atomic mass is 9.82. The number of aromatic nitrogens is 2. The van der Waals surface area contributed by atoms with Gasteiger partial charge in [-0.2, -0.15) is 5.10 Å². The van der Waals surface area contributed by atoms with E-state index in [-0.39, 0.29) is 5.41 Å². The highest BCUT2D eigenvalue weighted by molar-refractivity contribution is 9.10. The van der Waals surface area contributed by atoms with Crippen LogP contribution in [0.4, 0.5) is 0 Å². The van der Waals surface area contributed by atoms with Crippen LogP contribution < -0.4 is 5.32 Å². The third-order valence-electron chi connectivity index (χ3n) is 3.78. The van der Waals surface area contributed by atoms with E-state index < -0.39 is 0 Å². The van der Waals surface area contributed by atoms with E-state index in [0.29, 0.717) is 0 Å². The van der Waals surface area contributed by atoms with Crippen molar-refractivity contribution in [2.24, 2.45) is 12.5 Å². The Morgan fingerprint density at radius 2 is 2.33 bits per heavy atom. The normalized spacial score (nSPS) is 23.8. The highest BCUT2D eigenvalue weighted by Gasteiger charge is 2.36. The summed E-state index contributed by atoms with van der Waals surface area (Å²) in [6.45, 7) is 4.84. The highest BCUT2D eigenvalue weighted by Crippen LogP contribution is 2.35. The quantitative estimate of drug-likeness (QED) is 0.902. The molecule has 1 fully saturated rings. The van der Waals surface area contributed by atoms with E-state index in [9.17, 15) is 0 Å². The van der Waals surface area contributed by atoms with Crippen molar-refractivity contribution < 1.29 is 4.74 Å². The third kappa shape index (κ3) is 2.63. The van der Waals surface area contributed by atoms with Crippen LogP contribution in [0, 0.1) is 5.41 Å². The van der Waals surface area contributed by atoms with E-state index in [4.69, 9.17) is 4.74 Å². The first-order valence-electron chi connectivity index (χ1n) is 6.54. The molecule has 0 radical (unpaired) electrons. The number of nitrogens with one attached hydrogen (secondary N) is 1. The summed E-state index contributed by atoms with van der Waals surface area (Å²) in [4.78, 5) is 0. The molecule has 0 aromatic carbocycles. The molecule has 0 bridgehead atoms. The summed E-state index contributed by atoms with van der Waals surface area (Å²) in [6, 6.07) is 0. The maximum absolute atomic E-state index is 5.61. The summed E-state index contributed by atoms with van der Waals surface area (Å²) < 4.78 is 8.80. The number of halogens is 1.